The fourth-order valence-electron chi connectivity index (χ4n) is 4.31. The van der Waals surface area contributed by atoms with Gasteiger partial charge in [-0.2, -0.15) is 0 Å². The number of aromatic nitrogens is 1. The van der Waals surface area contributed by atoms with Gasteiger partial charge in [0.2, 0.25) is 0 Å². The average molecular weight is 391 g/mol. The Bertz CT molecular complexity index is 1010. The summed E-state index contributed by atoms with van der Waals surface area (Å²) in [4.78, 5) is 19.1. The molecule has 4 rings (SSSR count). The second-order valence-electron chi connectivity index (χ2n) is 8.15. The zero-order valence-electron chi connectivity index (χ0n) is 17.2. The number of aromatic amines is 1. The van der Waals surface area contributed by atoms with Crippen molar-refractivity contribution in [3.8, 4) is 5.75 Å². The molecule has 0 unspecified atom stereocenters. The Labute approximate surface area is 171 Å². The number of amides is 1. The fourth-order valence-corrected chi connectivity index (χ4v) is 4.31. The Morgan fingerprint density at radius 3 is 2.45 bits per heavy atom. The summed E-state index contributed by atoms with van der Waals surface area (Å²) < 4.78 is 5.19. The first-order chi connectivity index (χ1) is 14.0. The number of nitrogens with zero attached hydrogens (tertiary/aromatic N) is 1. The van der Waals surface area contributed by atoms with Crippen molar-refractivity contribution in [2.75, 3.05) is 30.4 Å². The smallest absolute Gasteiger partial charge is 0.275 e. The molecule has 0 bridgehead atoms. The second-order valence-corrected chi connectivity index (χ2v) is 8.15. The van der Waals surface area contributed by atoms with Gasteiger partial charge in [-0.25, -0.2) is 4.98 Å². The number of piperidine rings is 1. The van der Waals surface area contributed by atoms with Crippen molar-refractivity contribution < 1.29 is 14.5 Å². The van der Waals surface area contributed by atoms with Crippen LogP contribution in [0.25, 0.3) is 10.9 Å². The number of pyridine rings is 1. The van der Waals surface area contributed by atoms with Crippen LogP contribution in [0.1, 0.15) is 30.6 Å². The van der Waals surface area contributed by atoms with E-state index in [1.165, 1.54) is 6.42 Å². The van der Waals surface area contributed by atoms with E-state index in [4.69, 9.17) is 4.74 Å². The van der Waals surface area contributed by atoms with Crippen molar-refractivity contribution in [1.29, 1.82) is 0 Å². The zero-order chi connectivity index (χ0) is 20.4. The van der Waals surface area contributed by atoms with Crippen molar-refractivity contribution in [2.45, 2.75) is 20.3 Å². The van der Waals surface area contributed by atoms with Crippen LogP contribution in [0, 0.1) is 11.8 Å². The molecule has 2 atom stereocenters. The molecule has 5 nitrogen and oxygen atoms in total. The van der Waals surface area contributed by atoms with Gasteiger partial charge >= 0.3 is 0 Å². The predicted octanol–water partition coefficient (Wildman–Crippen LogP) is 4.40. The number of rotatable bonds is 4. The van der Waals surface area contributed by atoms with Crippen molar-refractivity contribution in [2.24, 2.45) is 11.8 Å². The number of nitrogens with one attached hydrogen (secondary N) is 2. The third-order valence-corrected chi connectivity index (χ3v) is 5.56. The number of ether oxygens (including phenoxy) is 1. The molecule has 2 N–H and O–H groups in total. The van der Waals surface area contributed by atoms with E-state index >= 15 is 0 Å². The van der Waals surface area contributed by atoms with Crippen LogP contribution in [0.15, 0.2) is 54.6 Å². The average Bonchev–Trinajstić information content (AvgIpc) is 2.72. The molecule has 1 aromatic heterocycles. The van der Waals surface area contributed by atoms with Crippen molar-refractivity contribution in [1.82, 2.24) is 0 Å². The molecule has 0 radical (unpaired) electrons. The minimum atomic E-state index is -0.111. The lowest BCUT2D eigenvalue weighted by Crippen LogP contribution is -2.41. The molecule has 0 aliphatic carbocycles. The highest BCUT2D eigenvalue weighted by Crippen LogP contribution is 2.27. The number of carbonyl (C=O) groups is 1. The number of hydrogen-bond acceptors (Lipinski definition) is 3. The summed E-state index contributed by atoms with van der Waals surface area (Å²) in [5.74, 6) is 2.92. The maximum atomic E-state index is 13.2. The Hall–Kier alpha value is -3.08. The zero-order valence-corrected chi connectivity index (χ0v) is 17.2. The molecule has 1 saturated heterocycles. The molecular formula is C24H28N3O2+. The van der Waals surface area contributed by atoms with E-state index < -0.39 is 0 Å². The van der Waals surface area contributed by atoms with Gasteiger partial charge in [-0.05, 0) is 54.7 Å². The number of benzene rings is 2. The highest BCUT2D eigenvalue weighted by atomic mass is 16.5. The van der Waals surface area contributed by atoms with Gasteiger partial charge < -0.3 is 10.1 Å². The van der Waals surface area contributed by atoms with E-state index in [2.05, 4.69) is 29.0 Å². The SMILES string of the molecule is COc1ccc(NC(=O)c2cc(N3C[C@H](C)C[C@H](C)C3)[nH+]c3ccccc23)cc1. The first-order valence-electron chi connectivity index (χ1n) is 10.2. The monoisotopic (exact) mass is 390 g/mol. The molecule has 1 aliphatic heterocycles. The molecule has 2 aromatic carbocycles. The number of anilines is 2. The van der Waals surface area contributed by atoms with E-state index in [0.717, 1.165) is 41.2 Å². The maximum absolute atomic E-state index is 13.2. The normalized spacial score (nSPS) is 19.2. The summed E-state index contributed by atoms with van der Waals surface area (Å²) in [7, 11) is 1.63. The first kappa shape index (κ1) is 19.2. The molecule has 29 heavy (non-hydrogen) atoms. The molecule has 0 spiro atoms. The van der Waals surface area contributed by atoms with Crippen LogP contribution in [0.2, 0.25) is 0 Å². The van der Waals surface area contributed by atoms with E-state index in [-0.39, 0.29) is 5.91 Å². The topological polar surface area (TPSA) is 55.7 Å². The summed E-state index contributed by atoms with van der Waals surface area (Å²) >= 11 is 0. The lowest BCUT2D eigenvalue weighted by atomic mass is 9.92. The number of hydrogen-bond donors (Lipinski definition) is 1. The van der Waals surface area contributed by atoms with Crippen LogP contribution in [0.4, 0.5) is 11.5 Å². The number of methoxy groups -OCH3 is 1. The second kappa shape index (κ2) is 8.11. The Balaban J connectivity index is 1.69. The van der Waals surface area contributed by atoms with Crippen LogP contribution >= 0.6 is 0 Å². The number of H-pyrrole nitrogens is 1. The van der Waals surface area contributed by atoms with Crippen molar-refractivity contribution in [3.63, 3.8) is 0 Å². The summed E-state index contributed by atoms with van der Waals surface area (Å²) in [6.45, 7) is 6.58. The molecule has 1 fully saturated rings. The highest BCUT2D eigenvalue weighted by molar-refractivity contribution is 6.12. The Kier molecular flexibility index (Phi) is 5.38. The van der Waals surface area contributed by atoms with E-state index in [0.29, 0.717) is 17.4 Å². The van der Waals surface area contributed by atoms with Crippen molar-refractivity contribution in [3.05, 3.63) is 60.2 Å². The largest absolute Gasteiger partial charge is 0.497 e. The molecule has 2 heterocycles. The van der Waals surface area contributed by atoms with Gasteiger partial charge in [-0.1, -0.05) is 26.0 Å². The van der Waals surface area contributed by atoms with Crippen LogP contribution in [0.3, 0.4) is 0 Å². The van der Waals surface area contributed by atoms with E-state index in [9.17, 15) is 4.79 Å². The van der Waals surface area contributed by atoms with E-state index in [1.807, 2.05) is 54.6 Å². The Morgan fingerprint density at radius 2 is 1.76 bits per heavy atom. The fraction of sp³-hybridized carbons (Fsp3) is 0.333. The van der Waals surface area contributed by atoms with Gasteiger partial charge in [0.1, 0.15) is 11.3 Å². The van der Waals surface area contributed by atoms with Gasteiger partial charge in [-0.3, -0.25) is 9.69 Å². The maximum Gasteiger partial charge on any atom is 0.275 e. The van der Waals surface area contributed by atoms with Gasteiger partial charge in [0, 0.05) is 17.1 Å². The summed E-state index contributed by atoms with van der Waals surface area (Å²) in [5.41, 5.74) is 2.39. The molecule has 0 saturated carbocycles. The van der Waals surface area contributed by atoms with Crippen LogP contribution in [-0.2, 0) is 0 Å². The van der Waals surface area contributed by atoms with Gasteiger partial charge in [0.05, 0.1) is 25.8 Å². The van der Waals surface area contributed by atoms with Gasteiger partial charge in [0.15, 0.2) is 0 Å². The predicted molar refractivity (Wildman–Crippen MR) is 117 cm³/mol. The van der Waals surface area contributed by atoms with Crippen molar-refractivity contribution >= 4 is 28.3 Å². The first-order valence-corrected chi connectivity index (χ1v) is 10.2. The third-order valence-electron chi connectivity index (χ3n) is 5.56. The highest BCUT2D eigenvalue weighted by Gasteiger charge is 2.29. The lowest BCUT2D eigenvalue weighted by molar-refractivity contribution is -0.331. The van der Waals surface area contributed by atoms with Crippen LogP contribution in [-0.4, -0.2) is 26.1 Å². The minimum Gasteiger partial charge on any atom is -0.497 e. The molecule has 5 heteroatoms. The van der Waals surface area contributed by atoms with Gasteiger partial charge in [-0.15, -0.1) is 0 Å². The molecular weight excluding hydrogens is 362 g/mol. The number of para-hydroxylation sites is 1. The summed E-state index contributed by atoms with van der Waals surface area (Å²) in [6.07, 6.45) is 1.24. The van der Waals surface area contributed by atoms with Crippen LogP contribution in [0.5, 0.6) is 5.75 Å². The quantitative estimate of drug-likeness (QED) is 0.718. The summed E-state index contributed by atoms with van der Waals surface area (Å²) in [5, 5.41) is 3.94. The molecule has 3 aromatic rings. The third kappa shape index (κ3) is 4.19. The minimum absolute atomic E-state index is 0.111. The number of fused-ring (bicyclic) bond motifs is 1. The van der Waals surface area contributed by atoms with Crippen LogP contribution < -0.4 is 19.9 Å². The number of carbonyl (C=O) groups excluding carboxylic acids is 1. The molecule has 150 valence electrons. The standard InChI is InChI=1S/C24H27N3O2/c1-16-12-17(2)15-27(14-16)23-13-21(20-6-4-5-7-22(20)26-23)24(28)25-18-8-10-19(29-3)11-9-18/h4-11,13,16-17H,12,14-15H2,1-3H3,(H,25,28)/p+1/t16-,17+. The Morgan fingerprint density at radius 1 is 1.07 bits per heavy atom. The van der Waals surface area contributed by atoms with Gasteiger partial charge in [0.25, 0.3) is 11.7 Å². The molecule has 1 amide bonds. The van der Waals surface area contributed by atoms with E-state index in [1.54, 1.807) is 7.11 Å². The summed E-state index contributed by atoms with van der Waals surface area (Å²) in [6, 6.07) is 17.3. The molecule has 1 aliphatic rings. The lowest BCUT2D eigenvalue weighted by Gasteiger charge is -2.30.